The number of benzene rings is 2. The summed E-state index contributed by atoms with van der Waals surface area (Å²) in [6.45, 7) is 0.0822. The molecule has 28 heavy (non-hydrogen) atoms. The van der Waals surface area contributed by atoms with Crippen molar-refractivity contribution in [2.24, 2.45) is 4.99 Å². The van der Waals surface area contributed by atoms with Gasteiger partial charge in [-0.05, 0) is 30.3 Å². The predicted octanol–water partition coefficient (Wildman–Crippen LogP) is 3.11. The molecule has 0 aliphatic carbocycles. The highest BCUT2D eigenvalue weighted by molar-refractivity contribution is 6.30. The first kappa shape index (κ1) is 17.9. The van der Waals surface area contributed by atoms with Crippen molar-refractivity contribution < 1.29 is 23.9 Å². The van der Waals surface area contributed by atoms with Gasteiger partial charge in [0.05, 0.1) is 5.69 Å². The Bertz CT molecular complexity index is 991. The number of rotatable bonds is 3. The zero-order valence-corrected chi connectivity index (χ0v) is 15.1. The molecule has 0 saturated carbocycles. The Morgan fingerprint density at radius 2 is 1.93 bits per heavy atom. The Kier molecular flexibility index (Phi) is 4.86. The summed E-state index contributed by atoms with van der Waals surface area (Å²) in [6.07, 6.45) is 1.20. The average Bonchev–Trinajstić information content (AvgIpc) is 3.04. The minimum atomic E-state index is -0.799. The van der Waals surface area contributed by atoms with Crippen LogP contribution in [0, 0.1) is 0 Å². The van der Waals surface area contributed by atoms with E-state index in [1.54, 1.807) is 36.4 Å². The van der Waals surface area contributed by atoms with Crippen molar-refractivity contribution in [3.63, 3.8) is 0 Å². The molecule has 8 nitrogen and oxygen atoms in total. The molecular formula is C19H14ClN3O5. The third-order valence-electron chi connectivity index (χ3n) is 3.79. The summed E-state index contributed by atoms with van der Waals surface area (Å²) < 4.78 is 11.0. The van der Waals surface area contributed by atoms with Crippen LogP contribution in [0.4, 0.5) is 5.69 Å². The summed E-state index contributed by atoms with van der Waals surface area (Å²) in [7, 11) is 0. The molecule has 0 saturated heterocycles. The van der Waals surface area contributed by atoms with Crippen LogP contribution in [0.2, 0.25) is 5.02 Å². The highest BCUT2D eigenvalue weighted by Crippen LogP contribution is 2.31. The van der Waals surface area contributed by atoms with Gasteiger partial charge < -0.3 is 19.6 Å². The highest BCUT2D eigenvalue weighted by atomic mass is 35.5. The van der Waals surface area contributed by atoms with Gasteiger partial charge >= 0.3 is 11.9 Å². The van der Waals surface area contributed by atoms with E-state index in [2.05, 4.69) is 10.3 Å². The van der Waals surface area contributed by atoms with E-state index < -0.39 is 18.2 Å². The van der Waals surface area contributed by atoms with E-state index in [4.69, 9.17) is 25.9 Å². The summed E-state index contributed by atoms with van der Waals surface area (Å²) in [5.41, 5.74) is 0.571. The van der Waals surface area contributed by atoms with Crippen LogP contribution in [-0.4, -0.2) is 35.7 Å². The van der Waals surface area contributed by atoms with E-state index in [1.165, 1.54) is 5.06 Å². The molecule has 1 N–H and O–H groups in total. The minimum absolute atomic E-state index is 0.0822. The van der Waals surface area contributed by atoms with E-state index in [0.29, 0.717) is 22.2 Å². The number of esters is 1. The second-order valence-electron chi connectivity index (χ2n) is 5.83. The summed E-state index contributed by atoms with van der Waals surface area (Å²) in [5, 5.41) is 4.83. The molecule has 2 aliphatic heterocycles. The minimum Gasteiger partial charge on any atom is -0.455 e. The smallest absolute Gasteiger partial charge is 0.356 e. The number of hydrogen-bond donors (Lipinski definition) is 1. The molecule has 2 aromatic carbocycles. The molecule has 0 amide bonds. The second-order valence-corrected chi connectivity index (χ2v) is 6.27. The SMILES string of the molecule is O=C1/C=C/C(=O)ON2CC(N=C2Nc2ccccc2Oc2cccc(Cl)c2)O1. The molecule has 0 radical (unpaired) electrons. The summed E-state index contributed by atoms with van der Waals surface area (Å²) >= 11 is 6.00. The molecule has 1 atom stereocenters. The largest absolute Gasteiger partial charge is 0.455 e. The fourth-order valence-corrected chi connectivity index (χ4v) is 2.77. The van der Waals surface area contributed by atoms with Gasteiger partial charge in [-0.15, -0.1) is 0 Å². The van der Waals surface area contributed by atoms with E-state index in [0.717, 1.165) is 12.2 Å². The summed E-state index contributed by atoms with van der Waals surface area (Å²) in [4.78, 5) is 32.8. The van der Waals surface area contributed by atoms with Gasteiger partial charge in [-0.2, -0.15) is 5.06 Å². The number of carbonyl (C=O) groups excluding carboxylic acids is 2. The number of carbonyl (C=O) groups is 2. The number of guanidine groups is 1. The van der Waals surface area contributed by atoms with Crippen LogP contribution < -0.4 is 10.1 Å². The third-order valence-corrected chi connectivity index (χ3v) is 4.02. The fourth-order valence-electron chi connectivity index (χ4n) is 2.59. The molecule has 0 aromatic heterocycles. The van der Waals surface area contributed by atoms with Gasteiger partial charge in [0.1, 0.15) is 12.3 Å². The fraction of sp³-hybridized carbons (Fsp3) is 0.105. The topological polar surface area (TPSA) is 89.5 Å². The van der Waals surface area contributed by atoms with Crippen LogP contribution >= 0.6 is 11.6 Å². The number of hydroxylamine groups is 2. The van der Waals surface area contributed by atoms with E-state index in [9.17, 15) is 9.59 Å². The molecule has 9 heteroatoms. The monoisotopic (exact) mass is 399 g/mol. The van der Waals surface area contributed by atoms with Crippen molar-refractivity contribution in [2.75, 3.05) is 11.9 Å². The van der Waals surface area contributed by atoms with Gasteiger partial charge in [0, 0.05) is 17.2 Å². The molecule has 0 fully saturated rings. The van der Waals surface area contributed by atoms with E-state index >= 15 is 0 Å². The zero-order valence-electron chi connectivity index (χ0n) is 14.4. The van der Waals surface area contributed by atoms with Gasteiger partial charge in [0.25, 0.3) is 0 Å². The molecule has 4 rings (SSSR count). The lowest BCUT2D eigenvalue weighted by atomic mass is 10.3. The number of nitrogens with one attached hydrogen (secondary N) is 1. The summed E-state index contributed by atoms with van der Waals surface area (Å²) in [5.74, 6) is -0.101. The number of fused-ring (bicyclic) bond motifs is 2. The van der Waals surface area contributed by atoms with Gasteiger partial charge in [-0.25, -0.2) is 14.6 Å². The van der Waals surface area contributed by atoms with Crippen LogP contribution in [0.3, 0.4) is 0 Å². The van der Waals surface area contributed by atoms with Crippen LogP contribution in [0.1, 0.15) is 0 Å². The van der Waals surface area contributed by atoms with Crippen molar-refractivity contribution >= 4 is 35.2 Å². The molecule has 142 valence electrons. The zero-order chi connectivity index (χ0) is 19.5. The standard InChI is InChI=1S/C19H14ClN3O5/c20-12-4-3-5-13(10-12)26-15-7-2-1-6-14(15)21-19-22-16-11-23(19)28-18(25)9-8-17(24)27-16/h1-10,16H,11H2,(H,21,22)/b9-8+. The Morgan fingerprint density at radius 3 is 2.79 bits per heavy atom. The molecular weight excluding hydrogens is 386 g/mol. The van der Waals surface area contributed by atoms with Crippen molar-refractivity contribution in [3.8, 4) is 11.5 Å². The van der Waals surface area contributed by atoms with Crippen LogP contribution in [-0.2, 0) is 19.2 Å². The van der Waals surface area contributed by atoms with Crippen molar-refractivity contribution in [3.05, 3.63) is 65.7 Å². The van der Waals surface area contributed by atoms with E-state index in [1.807, 2.05) is 12.1 Å². The van der Waals surface area contributed by atoms with Gasteiger partial charge in [0.2, 0.25) is 12.2 Å². The molecule has 2 aliphatic rings. The first-order valence-corrected chi connectivity index (χ1v) is 8.70. The van der Waals surface area contributed by atoms with Crippen molar-refractivity contribution in [2.45, 2.75) is 6.23 Å². The Labute approximate surface area is 164 Å². The maximum Gasteiger partial charge on any atom is 0.356 e. The van der Waals surface area contributed by atoms with Gasteiger partial charge in [-0.1, -0.05) is 29.8 Å². The lowest BCUT2D eigenvalue weighted by Gasteiger charge is -2.20. The number of hydrogen-bond acceptors (Lipinski definition) is 8. The number of nitrogens with zero attached hydrogens (tertiary/aromatic N) is 2. The number of halogens is 1. The average molecular weight is 400 g/mol. The van der Waals surface area contributed by atoms with Gasteiger partial charge in [-0.3, -0.25) is 0 Å². The first-order valence-electron chi connectivity index (χ1n) is 8.32. The summed E-state index contributed by atoms with van der Waals surface area (Å²) in [6, 6.07) is 14.1. The molecule has 2 aromatic rings. The maximum absolute atomic E-state index is 11.8. The number of ether oxygens (including phenoxy) is 2. The van der Waals surface area contributed by atoms with E-state index in [-0.39, 0.29) is 12.5 Å². The second kappa shape index (κ2) is 7.61. The first-order chi connectivity index (χ1) is 13.6. The number of anilines is 1. The highest BCUT2D eigenvalue weighted by Gasteiger charge is 2.32. The Hall–Kier alpha value is -3.52. The molecule has 0 spiro atoms. The van der Waals surface area contributed by atoms with Crippen molar-refractivity contribution in [1.29, 1.82) is 0 Å². The van der Waals surface area contributed by atoms with Crippen LogP contribution in [0.25, 0.3) is 0 Å². The quantitative estimate of drug-likeness (QED) is 0.793. The maximum atomic E-state index is 11.8. The lowest BCUT2D eigenvalue weighted by molar-refractivity contribution is -0.167. The lowest BCUT2D eigenvalue weighted by Crippen LogP contribution is -2.35. The van der Waals surface area contributed by atoms with Crippen molar-refractivity contribution in [1.82, 2.24) is 5.06 Å². The normalized spacial score (nSPS) is 19.5. The number of aliphatic imine (C=N–C) groups is 1. The molecule has 2 bridgehead atoms. The third kappa shape index (κ3) is 4.07. The predicted molar refractivity (Wildman–Crippen MR) is 101 cm³/mol. The Balaban J connectivity index is 1.57. The van der Waals surface area contributed by atoms with Crippen LogP contribution in [0.15, 0.2) is 65.7 Å². The molecule has 2 heterocycles. The van der Waals surface area contributed by atoms with Gasteiger partial charge in [0.15, 0.2) is 5.75 Å². The van der Waals surface area contributed by atoms with Crippen LogP contribution in [0.5, 0.6) is 11.5 Å². The molecule has 1 unspecified atom stereocenters. The Morgan fingerprint density at radius 1 is 1.11 bits per heavy atom. The number of para-hydroxylation sites is 2.